The standard InChI is InChI=1S/C18H27N3O2/c1-13-5-4-6-17(14(13)2)20-7-9-21(10-8-20)18(22)16-11-15(23-3)12-19-16/h4-6,15-16,19H,7-12H2,1-3H3/t15-,16-/m0/s1. The first-order valence-electron chi connectivity index (χ1n) is 8.46. The zero-order chi connectivity index (χ0) is 16.4. The smallest absolute Gasteiger partial charge is 0.239 e. The summed E-state index contributed by atoms with van der Waals surface area (Å²) in [6.45, 7) is 8.48. The largest absolute Gasteiger partial charge is 0.380 e. The van der Waals surface area contributed by atoms with Crippen LogP contribution in [0.4, 0.5) is 5.69 Å². The predicted octanol–water partition coefficient (Wildman–Crippen LogP) is 1.33. The van der Waals surface area contributed by atoms with Crippen molar-refractivity contribution in [3.8, 4) is 0 Å². The number of piperazine rings is 1. The molecule has 0 saturated carbocycles. The first kappa shape index (κ1) is 16.3. The fraction of sp³-hybridized carbons (Fsp3) is 0.611. The molecule has 0 aliphatic carbocycles. The molecule has 2 fully saturated rings. The number of nitrogens with one attached hydrogen (secondary N) is 1. The van der Waals surface area contributed by atoms with Gasteiger partial charge < -0.3 is 19.9 Å². The Morgan fingerprint density at radius 2 is 1.96 bits per heavy atom. The molecule has 126 valence electrons. The minimum Gasteiger partial charge on any atom is -0.380 e. The molecule has 0 bridgehead atoms. The molecule has 3 rings (SSSR count). The minimum absolute atomic E-state index is 0.0767. The van der Waals surface area contributed by atoms with Crippen molar-refractivity contribution in [3.05, 3.63) is 29.3 Å². The molecular formula is C18H27N3O2. The third kappa shape index (κ3) is 3.35. The Morgan fingerprint density at radius 3 is 2.61 bits per heavy atom. The first-order chi connectivity index (χ1) is 11.1. The first-order valence-corrected chi connectivity index (χ1v) is 8.46. The third-order valence-corrected chi connectivity index (χ3v) is 5.23. The Balaban J connectivity index is 1.58. The Hall–Kier alpha value is -1.59. The van der Waals surface area contributed by atoms with Gasteiger partial charge in [0.25, 0.3) is 0 Å². The lowest BCUT2D eigenvalue weighted by molar-refractivity contribution is -0.133. The molecule has 1 aromatic carbocycles. The van der Waals surface area contributed by atoms with E-state index in [-0.39, 0.29) is 18.1 Å². The van der Waals surface area contributed by atoms with Gasteiger partial charge in [0.1, 0.15) is 0 Å². The number of hydrogen-bond donors (Lipinski definition) is 1. The number of benzene rings is 1. The molecular weight excluding hydrogens is 290 g/mol. The highest BCUT2D eigenvalue weighted by Crippen LogP contribution is 2.24. The van der Waals surface area contributed by atoms with Gasteiger partial charge in [0, 0.05) is 45.5 Å². The summed E-state index contributed by atoms with van der Waals surface area (Å²) < 4.78 is 5.34. The van der Waals surface area contributed by atoms with Crippen molar-refractivity contribution in [2.24, 2.45) is 0 Å². The fourth-order valence-electron chi connectivity index (χ4n) is 3.54. The van der Waals surface area contributed by atoms with Gasteiger partial charge in [-0.1, -0.05) is 12.1 Å². The summed E-state index contributed by atoms with van der Waals surface area (Å²) >= 11 is 0. The molecule has 2 saturated heterocycles. The predicted molar refractivity (Wildman–Crippen MR) is 91.9 cm³/mol. The fourth-order valence-corrected chi connectivity index (χ4v) is 3.54. The molecule has 2 heterocycles. The number of methoxy groups -OCH3 is 1. The molecule has 0 radical (unpaired) electrons. The average molecular weight is 317 g/mol. The summed E-state index contributed by atoms with van der Waals surface area (Å²) in [5, 5.41) is 3.28. The number of carbonyl (C=O) groups is 1. The summed E-state index contributed by atoms with van der Waals surface area (Å²) in [6.07, 6.45) is 0.951. The number of anilines is 1. The van der Waals surface area contributed by atoms with E-state index in [1.54, 1.807) is 7.11 Å². The number of aryl methyl sites for hydroxylation is 1. The van der Waals surface area contributed by atoms with E-state index in [2.05, 4.69) is 42.3 Å². The number of amides is 1. The maximum atomic E-state index is 12.6. The van der Waals surface area contributed by atoms with Gasteiger partial charge in [0.05, 0.1) is 12.1 Å². The molecule has 2 aliphatic rings. The second kappa shape index (κ2) is 6.89. The van der Waals surface area contributed by atoms with E-state index in [1.165, 1.54) is 16.8 Å². The van der Waals surface area contributed by atoms with Crippen molar-refractivity contribution in [3.63, 3.8) is 0 Å². The van der Waals surface area contributed by atoms with Crippen molar-refractivity contribution >= 4 is 11.6 Å². The topological polar surface area (TPSA) is 44.8 Å². The van der Waals surface area contributed by atoms with Gasteiger partial charge in [-0.15, -0.1) is 0 Å². The molecule has 1 N–H and O–H groups in total. The Morgan fingerprint density at radius 1 is 1.22 bits per heavy atom. The van der Waals surface area contributed by atoms with Crippen LogP contribution in [0, 0.1) is 13.8 Å². The van der Waals surface area contributed by atoms with Crippen LogP contribution in [0.15, 0.2) is 18.2 Å². The van der Waals surface area contributed by atoms with Crippen molar-refractivity contribution in [2.45, 2.75) is 32.4 Å². The SMILES string of the molecule is CO[C@@H]1CN[C@H](C(=O)N2CCN(c3cccc(C)c3C)CC2)C1. The third-order valence-electron chi connectivity index (χ3n) is 5.23. The van der Waals surface area contributed by atoms with E-state index in [1.807, 2.05) is 4.90 Å². The molecule has 2 aliphatic heterocycles. The molecule has 0 aromatic heterocycles. The monoisotopic (exact) mass is 317 g/mol. The van der Waals surface area contributed by atoms with Crippen LogP contribution in [0.25, 0.3) is 0 Å². The van der Waals surface area contributed by atoms with E-state index in [0.29, 0.717) is 0 Å². The lowest BCUT2D eigenvalue weighted by Gasteiger charge is -2.38. The maximum absolute atomic E-state index is 12.6. The second-order valence-corrected chi connectivity index (χ2v) is 6.59. The van der Waals surface area contributed by atoms with Crippen LogP contribution < -0.4 is 10.2 Å². The average Bonchev–Trinajstić information content (AvgIpc) is 3.06. The highest BCUT2D eigenvalue weighted by Gasteiger charge is 2.33. The van der Waals surface area contributed by atoms with E-state index in [0.717, 1.165) is 39.1 Å². The molecule has 2 atom stereocenters. The zero-order valence-electron chi connectivity index (χ0n) is 14.3. The summed E-state index contributed by atoms with van der Waals surface area (Å²) in [4.78, 5) is 17.0. The van der Waals surface area contributed by atoms with Crippen molar-refractivity contribution in [1.82, 2.24) is 10.2 Å². The van der Waals surface area contributed by atoms with Crippen LogP contribution >= 0.6 is 0 Å². The van der Waals surface area contributed by atoms with Crippen molar-refractivity contribution in [2.75, 3.05) is 44.7 Å². The number of nitrogens with zero attached hydrogens (tertiary/aromatic N) is 2. The van der Waals surface area contributed by atoms with Crippen LogP contribution in [-0.2, 0) is 9.53 Å². The number of ether oxygens (including phenoxy) is 1. The van der Waals surface area contributed by atoms with E-state index in [4.69, 9.17) is 4.74 Å². The molecule has 5 heteroatoms. The lowest BCUT2D eigenvalue weighted by atomic mass is 10.1. The number of carbonyl (C=O) groups excluding carboxylic acids is 1. The molecule has 23 heavy (non-hydrogen) atoms. The van der Waals surface area contributed by atoms with Gasteiger partial charge in [-0.2, -0.15) is 0 Å². The van der Waals surface area contributed by atoms with Crippen LogP contribution in [0.2, 0.25) is 0 Å². The van der Waals surface area contributed by atoms with Crippen LogP contribution in [0.5, 0.6) is 0 Å². The van der Waals surface area contributed by atoms with Gasteiger partial charge in [0.2, 0.25) is 5.91 Å². The van der Waals surface area contributed by atoms with Crippen molar-refractivity contribution < 1.29 is 9.53 Å². The molecule has 1 amide bonds. The lowest BCUT2D eigenvalue weighted by Crippen LogP contribution is -2.53. The quantitative estimate of drug-likeness (QED) is 0.913. The maximum Gasteiger partial charge on any atom is 0.239 e. The summed E-state index contributed by atoms with van der Waals surface area (Å²) in [7, 11) is 1.71. The Bertz CT molecular complexity index is 567. The minimum atomic E-state index is -0.0767. The van der Waals surface area contributed by atoms with Gasteiger partial charge in [0.15, 0.2) is 0 Å². The van der Waals surface area contributed by atoms with Crippen molar-refractivity contribution in [1.29, 1.82) is 0 Å². The molecule has 1 aromatic rings. The van der Waals surface area contributed by atoms with Crippen LogP contribution in [0.1, 0.15) is 17.5 Å². The number of rotatable bonds is 3. The second-order valence-electron chi connectivity index (χ2n) is 6.59. The summed E-state index contributed by atoms with van der Waals surface area (Å²) in [5.74, 6) is 0.227. The van der Waals surface area contributed by atoms with Gasteiger partial charge >= 0.3 is 0 Å². The Labute approximate surface area is 138 Å². The Kier molecular flexibility index (Phi) is 4.87. The summed E-state index contributed by atoms with van der Waals surface area (Å²) in [6, 6.07) is 6.37. The van der Waals surface area contributed by atoms with Crippen LogP contribution in [0.3, 0.4) is 0 Å². The van der Waals surface area contributed by atoms with E-state index >= 15 is 0 Å². The molecule has 0 spiro atoms. The summed E-state index contributed by atoms with van der Waals surface area (Å²) in [5.41, 5.74) is 3.96. The molecule has 5 nitrogen and oxygen atoms in total. The highest BCUT2D eigenvalue weighted by molar-refractivity contribution is 5.82. The van der Waals surface area contributed by atoms with E-state index in [9.17, 15) is 4.79 Å². The van der Waals surface area contributed by atoms with Crippen LogP contribution in [-0.4, -0.2) is 62.8 Å². The van der Waals surface area contributed by atoms with Gasteiger partial charge in [-0.25, -0.2) is 0 Å². The van der Waals surface area contributed by atoms with Gasteiger partial charge in [-0.05, 0) is 37.5 Å². The van der Waals surface area contributed by atoms with Gasteiger partial charge in [-0.3, -0.25) is 4.79 Å². The molecule has 0 unspecified atom stereocenters. The van der Waals surface area contributed by atoms with E-state index < -0.39 is 0 Å². The normalized spacial score (nSPS) is 25.0. The zero-order valence-corrected chi connectivity index (χ0v) is 14.3. The number of hydrogen-bond acceptors (Lipinski definition) is 4. The highest BCUT2D eigenvalue weighted by atomic mass is 16.5.